The van der Waals surface area contributed by atoms with Crippen LogP contribution in [0.1, 0.15) is 33.2 Å². The zero-order valence-electron chi connectivity index (χ0n) is 23.1. The van der Waals surface area contributed by atoms with Gasteiger partial charge >= 0.3 is 11.9 Å². The van der Waals surface area contributed by atoms with Crippen LogP contribution in [0.25, 0.3) is 33.5 Å². The van der Waals surface area contributed by atoms with Crippen molar-refractivity contribution in [1.29, 1.82) is 0 Å². The molecule has 0 aliphatic heterocycles. The predicted molar refractivity (Wildman–Crippen MR) is 157 cm³/mol. The number of hydrogen-bond acceptors (Lipinski definition) is 9. The normalized spacial score (nSPS) is 10.9. The molecule has 11 nitrogen and oxygen atoms in total. The molecular formula is C32H26N6O5. The van der Waals surface area contributed by atoms with Gasteiger partial charge in [0.25, 0.3) is 6.01 Å². The lowest BCUT2D eigenvalue weighted by atomic mass is 9.98. The van der Waals surface area contributed by atoms with Crippen LogP contribution in [0.3, 0.4) is 0 Å². The summed E-state index contributed by atoms with van der Waals surface area (Å²) in [6.07, 6.45) is 0. The Bertz CT molecular complexity index is 1870. The Balaban J connectivity index is 1.25. The van der Waals surface area contributed by atoms with Gasteiger partial charge in [0.1, 0.15) is 0 Å². The lowest BCUT2D eigenvalue weighted by Gasteiger charge is -2.13. The van der Waals surface area contributed by atoms with Gasteiger partial charge in [-0.2, -0.15) is 4.98 Å². The van der Waals surface area contributed by atoms with Gasteiger partial charge < -0.3 is 14.2 Å². The highest BCUT2D eigenvalue weighted by Crippen LogP contribution is 2.31. The molecule has 0 unspecified atom stereocenters. The maximum Gasteiger partial charge on any atom is 0.343 e. The number of H-pyrrole nitrogens is 1. The summed E-state index contributed by atoms with van der Waals surface area (Å²) < 4.78 is 18.2. The molecule has 0 atom stereocenters. The second-order valence-corrected chi connectivity index (χ2v) is 9.43. The zero-order valence-corrected chi connectivity index (χ0v) is 23.1. The lowest BCUT2D eigenvalue weighted by molar-refractivity contribution is -0.0166. The van der Waals surface area contributed by atoms with Crippen LogP contribution in [-0.4, -0.2) is 55.5 Å². The molecule has 11 heteroatoms. The molecule has 6 rings (SSSR count). The highest BCUT2D eigenvalue weighted by Gasteiger charge is 2.21. The largest absolute Gasteiger partial charge is 0.465 e. The summed E-state index contributed by atoms with van der Waals surface area (Å²) in [4.78, 5) is 30.0. The van der Waals surface area contributed by atoms with Crippen LogP contribution in [0.4, 0.5) is 0 Å². The van der Waals surface area contributed by atoms with Crippen LogP contribution in [0, 0.1) is 0 Å². The van der Waals surface area contributed by atoms with Gasteiger partial charge in [-0.15, -0.1) is 5.10 Å². The number of nitrogens with one attached hydrogen (secondary N) is 1. The Labute approximate surface area is 246 Å². The Morgan fingerprint density at radius 3 is 2.30 bits per heavy atom. The summed E-state index contributed by atoms with van der Waals surface area (Å²) in [5.41, 5.74) is 5.59. The summed E-state index contributed by atoms with van der Waals surface area (Å²) in [6, 6.07) is 30.0. The van der Waals surface area contributed by atoms with E-state index in [1.165, 1.54) is 0 Å². The number of ether oxygens (including phenoxy) is 3. The van der Waals surface area contributed by atoms with E-state index in [4.69, 9.17) is 14.2 Å². The molecule has 0 fully saturated rings. The number of imidazole rings is 1. The van der Waals surface area contributed by atoms with Gasteiger partial charge in [-0.25, -0.2) is 14.7 Å². The molecule has 2 aromatic heterocycles. The van der Waals surface area contributed by atoms with E-state index >= 15 is 0 Å². The molecule has 0 bridgehead atoms. The van der Waals surface area contributed by atoms with E-state index in [0.717, 1.165) is 22.3 Å². The van der Waals surface area contributed by atoms with Crippen LogP contribution < -0.4 is 4.74 Å². The first kappa shape index (κ1) is 27.3. The monoisotopic (exact) mass is 574 g/mol. The number of rotatable bonds is 10. The number of benzene rings is 4. The molecule has 0 amide bonds. The molecular weight excluding hydrogens is 548 g/mol. The van der Waals surface area contributed by atoms with Crippen molar-refractivity contribution in [3.05, 3.63) is 114 Å². The van der Waals surface area contributed by atoms with E-state index in [2.05, 4.69) is 25.6 Å². The van der Waals surface area contributed by atoms with E-state index in [1.54, 1.807) is 48.5 Å². The van der Waals surface area contributed by atoms with Crippen LogP contribution in [0.2, 0.25) is 0 Å². The van der Waals surface area contributed by atoms with Gasteiger partial charge in [-0.05, 0) is 58.3 Å². The average molecular weight is 575 g/mol. The number of aromatic nitrogens is 6. The molecule has 0 saturated heterocycles. The second-order valence-electron chi connectivity index (χ2n) is 9.43. The van der Waals surface area contributed by atoms with Gasteiger partial charge in [-0.1, -0.05) is 72.8 Å². The number of carbonyl (C=O) groups is 2. The van der Waals surface area contributed by atoms with Crippen molar-refractivity contribution in [2.45, 2.75) is 13.5 Å². The molecule has 4 aromatic carbocycles. The minimum absolute atomic E-state index is 0.276. The highest BCUT2D eigenvalue weighted by atomic mass is 16.7. The van der Waals surface area contributed by atoms with Crippen molar-refractivity contribution in [2.24, 2.45) is 0 Å². The SMILES string of the molecule is CCOc1nc2cccc(C(=O)OCOC(=O)c3ccccc3)c2n1Cc1ccc(-c2ccccc2-c2nnn[nH]2)cc1. The minimum atomic E-state index is -0.649. The molecule has 2 heterocycles. The van der Waals surface area contributed by atoms with E-state index < -0.39 is 18.7 Å². The van der Waals surface area contributed by atoms with Crippen molar-refractivity contribution in [2.75, 3.05) is 13.4 Å². The van der Waals surface area contributed by atoms with E-state index in [1.807, 2.05) is 60.0 Å². The van der Waals surface area contributed by atoms with E-state index in [-0.39, 0.29) is 5.56 Å². The molecule has 6 aromatic rings. The van der Waals surface area contributed by atoms with Crippen molar-refractivity contribution in [1.82, 2.24) is 30.2 Å². The first-order valence-electron chi connectivity index (χ1n) is 13.6. The molecule has 0 saturated carbocycles. The average Bonchev–Trinajstić information content (AvgIpc) is 3.71. The maximum atomic E-state index is 13.2. The summed E-state index contributed by atoms with van der Waals surface area (Å²) >= 11 is 0. The number of carbonyl (C=O) groups excluding carboxylic acids is 2. The number of esters is 2. The van der Waals surface area contributed by atoms with Crippen molar-refractivity contribution in [3.63, 3.8) is 0 Å². The summed E-state index contributed by atoms with van der Waals surface area (Å²) in [5, 5.41) is 14.3. The van der Waals surface area contributed by atoms with Gasteiger partial charge in [0.2, 0.25) is 6.79 Å². The third kappa shape index (κ3) is 5.82. The molecule has 0 aliphatic carbocycles. The standard InChI is InChI=1S/C32H26N6O5/c1-2-41-32-33-27-14-8-13-26(31(40)43-20-42-30(39)23-9-4-3-5-10-23)28(27)38(32)19-21-15-17-22(18-16-21)24-11-6-7-12-25(24)29-34-36-37-35-29/h3-18H,2,19-20H2,1H3,(H,34,35,36,37). The number of hydrogen-bond donors (Lipinski definition) is 1. The summed E-state index contributed by atoms with van der Waals surface area (Å²) in [7, 11) is 0. The number of aromatic amines is 1. The van der Waals surface area contributed by atoms with Crippen LogP contribution in [0.15, 0.2) is 97.1 Å². The Morgan fingerprint density at radius 2 is 1.56 bits per heavy atom. The number of fused-ring (bicyclic) bond motifs is 1. The summed E-state index contributed by atoms with van der Waals surface area (Å²) in [6.45, 7) is 2.12. The fraction of sp³-hybridized carbons (Fsp3) is 0.125. The number of tetrazole rings is 1. The van der Waals surface area contributed by atoms with Gasteiger partial charge in [0.05, 0.1) is 35.3 Å². The molecule has 1 N–H and O–H groups in total. The quantitative estimate of drug-likeness (QED) is 0.171. The molecule has 0 spiro atoms. The lowest BCUT2D eigenvalue weighted by Crippen LogP contribution is -2.14. The van der Waals surface area contributed by atoms with Crippen LogP contribution >= 0.6 is 0 Å². The Kier molecular flexibility index (Phi) is 7.85. The van der Waals surface area contributed by atoms with E-state index in [0.29, 0.717) is 41.6 Å². The Hall–Kier alpha value is -5.84. The predicted octanol–water partition coefficient (Wildman–Crippen LogP) is 5.30. The molecule has 214 valence electrons. The molecule has 0 aliphatic rings. The zero-order chi connectivity index (χ0) is 29.6. The molecule has 43 heavy (non-hydrogen) atoms. The third-order valence-electron chi connectivity index (χ3n) is 6.75. The molecule has 0 radical (unpaired) electrons. The third-order valence-corrected chi connectivity index (χ3v) is 6.75. The maximum absolute atomic E-state index is 13.2. The number of para-hydroxylation sites is 1. The first-order valence-corrected chi connectivity index (χ1v) is 13.6. The van der Waals surface area contributed by atoms with Crippen molar-refractivity contribution >= 4 is 23.0 Å². The smallest absolute Gasteiger partial charge is 0.343 e. The van der Waals surface area contributed by atoms with Gasteiger partial charge in [0.15, 0.2) is 5.82 Å². The number of nitrogens with zero attached hydrogens (tertiary/aromatic N) is 5. The Morgan fingerprint density at radius 1 is 0.814 bits per heavy atom. The fourth-order valence-corrected chi connectivity index (χ4v) is 4.77. The van der Waals surface area contributed by atoms with Gasteiger partial charge in [0, 0.05) is 5.56 Å². The highest BCUT2D eigenvalue weighted by molar-refractivity contribution is 6.02. The van der Waals surface area contributed by atoms with Crippen LogP contribution in [0.5, 0.6) is 6.01 Å². The van der Waals surface area contributed by atoms with Gasteiger partial charge in [-0.3, -0.25) is 4.57 Å². The second kappa shape index (κ2) is 12.4. The first-order chi connectivity index (χ1) is 21.1. The van der Waals surface area contributed by atoms with Crippen LogP contribution in [-0.2, 0) is 16.0 Å². The van der Waals surface area contributed by atoms with E-state index in [9.17, 15) is 9.59 Å². The fourth-order valence-electron chi connectivity index (χ4n) is 4.77. The minimum Gasteiger partial charge on any atom is -0.465 e. The summed E-state index contributed by atoms with van der Waals surface area (Å²) in [5.74, 6) is -0.650. The topological polar surface area (TPSA) is 134 Å². The van der Waals surface area contributed by atoms with Crippen molar-refractivity contribution in [3.8, 4) is 28.5 Å². The van der Waals surface area contributed by atoms with Crippen molar-refractivity contribution < 1.29 is 23.8 Å².